The van der Waals surface area contributed by atoms with Crippen molar-refractivity contribution in [3.63, 3.8) is 0 Å². The van der Waals surface area contributed by atoms with E-state index in [1.807, 2.05) is 0 Å². The van der Waals surface area contributed by atoms with Crippen molar-refractivity contribution in [2.75, 3.05) is 19.3 Å². The summed E-state index contributed by atoms with van der Waals surface area (Å²) < 4.78 is 24.8. The fraction of sp³-hybridized carbons (Fsp3) is 0.933. The van der Waals surface area contributed by atoms with Gasteiger partial charge in [-0.1, -0.05) is 19.8 Å². The fourth-order valence-corrected chi connectivity index (χ4v) is 4.75. The smallest absolute Gasteiger partial charge is 0.211 e. The number of piperidine rings is 1. The molecule has 21 heavy (non-hydrogen) atoms. The van der Waals surface area contributed by atoms with Gasteiger partial charge in [0.15, 0.2) is 5.78 Å². The number of Topliss-reactive ketones (excluding diaryl/α,β-unsaturated/α-hetero) is 1. The van der Waals surface area contributed by atoms with Gasteiger partial charge in [-0.3, -0.25) is 4.79 Å². The standard InChI is InChI=1S/C15H28N2O3S/c1-12-5-3-7-15(16,10-12)14(18)9-13-6-4-8-17(11-13)21(2,19)20/h12-13H,3-11,16H2,1-2H3. The topological polar surface area (TPSA) is 80.5 Å². The molecule has 2 fully saturated rings. The number of rotatable bonds is 4. The highest BCUT2D eigenvalue weighted by atomic mass is 32.2. The molecule has 1 saturated heterocycles. The zero-order valence-corrected chi connectivity index (χ0v) is 14.0. The molecular formula is C15H28N2O3S. The van der Waals surface area contributed by atoms with Crippen LogP contribution >= 0.6 is 0 Å². The third-order valence-electron chi connectivity index (χ3n) is 5.01. The lowest BCUT2D eigenvalue weighted by molar-refractivity contribution is -0.127. The second kappa shape index (κ2) is 6.34. The zero-order chi connectivity index (χ0) is 15.7. The molecule has 2 rings (SSSR count). The first-order valence-electron chi connectivity index (χ1n) is 7.98. The Morgan fingerprint density at radius 2 is 2.05 bits per heavy atom. The van der Waals surface area contributed by atoms with E-state index in [0.717, 1.165) is 38.5 Å². The lowest BCUT2D eigenvalue weighted by Crippen LogP contribution is -2.52. The summed E-state index contributed by atoms with van der Waals surface area (Å²) in [5, 5.41) is 0. The number of ketones is 1. The maximum atomic E-state index is 12.6. The highest BCUT2D eigenvalue weighted by Gasteiger charge is 2.39. The molecule has 1 aliphatic heterocycles. The van der Waals surface area contributed by atoms with Gasteiger partial charge >= 0.3 is 0 Å². The second-order valence-electron chi connectivity index (χ2n) is 7.11. The number of nitrogens with zero attached hydrogens (tertiary/aromatic N) is 1. The van der Waals surface area contributed by atoms with Gasteiger partial charge in [0.1, 0.15) is 0 Å². The molecule has 0 aromatic carbocycles. The van der Waals surface area contributed by atoms with Gasteiger partial charge in [-0.25, -0.2) is 12.7 Å². The second-order valence-corrected chi connectivity index (χ2v) is 9.10. The summed E-state index contributed by atoms with van der Waals surface area (Å²) in [6.07, 6.45) is 7.14. The predicted octanol–water partition coefficient (Wildman–Crippen LogP) is 1.52. The average molecular weight is 316 g/mol. The van der Waals surface area contributed by atoms with Gasteiger partial charge in [0.25, 0.3) is 0 Å². The van der Waals surface area contributed by atoms with Crippen LogP contribution in [0.1, 0.15) is 51.9 Å². The minimum Gasteiger partial charge on any atom is -0.319 e. The van der Waals surface area contributed by atoms with Gasteiger partial charge in [0, 0.05) is 19.5 Å². The molecule has 3 unspecified atom stereocenters. The summed E-state index contributed by atoms with van der Waals surface area (Å²) in [4.78, 5) is 12.6. The van der Waals surface area contributed by atoms with E-state index in [1.54, 1.807) is 0 Å². The summed E-state index contributed by atoms with van der Waals surface area (Å²) in [6.45, 7) is 3.20. The van der Waals surface area contributed by atoms with Gasteiger partial charge in [-0.05, 0) is 37.5 Å². The van der Waals surface area contributed by atoms with Crippen molar-refractivity contribution in [3.8, 4) is 0 Å². The van der Waals surface area contributed by atoms with Gasteiger partial charge in [0.05, 0.1) is 11.8 Å². The Hall–Kier alpha value is -0.460. The first-order chi connectivity index (χ1) is 9.71. The molecule has 2 N–H and O–H groups in total. The largest absolute Gasteiger partial charge is 0.319 e. The Kier molecular flexibility index (Phi) is 5.11. The molecule has 1 aliphatic carbocycles. The van der Waals surface area contributed by atoms with Crippen LogP contribution in [0.3, 0.4) is 0 Å². The van der Waals surface area contributed by atoms with E-state index >= 15 is 0 Å². The molecule has 6 heteroatoms. The van der Waals surface area contributed by atoms with Crippen molar-refractivity contribution in [2.24, 2.45) is 17.6 Å². The molecule has 5 nitrogen and oxygen atoms in total. The number of nitrogens with two attached hydrogens (primary N) is 1. The van der Waals surface area contributed by atoms with E-state index < -0.39 is 15.6 Å². The minimum atomic E-state index is -3.15. The summed E-state index contributed by atoms with van der Waals surface area (Å²) in [6, 6.07) is 0. The molecule has 0 bridgehead atoms. The third kappa shape index (κ3) is 4.27. The molecule has 3 atom stereocenters. The van der Waals surface area contributed by atoms with Gasteiger partial charge < -0.3 is 5.73 Å². The van der Waals surface area contributed by atoms with Crippen LogP contribution in [0.5, 0.6) is 0 Å². The molecule has 0 aromatic heterocycles. The number of carbonyl (C=O) groups excluding carboxylic acids is 1. The van der Waals surface area contributed by atoms with Crippen LogP contribution < -0.4 is 5.73 Å². The Morgan fingerprint density at radius 1 is 1.33 bits per heavy atom. The first kappa shape index (κ1) is 16.9. The molecule has 0 radical (unpaired) electrons. The maximum Gasteiger partial charge on any atom is 0.211 e. The molecule has 1 heterocycles. The summed E-state index contributed by atoms with van der Waals surface area (Å²) in [5.41, 5.74) is 5.67. The Labute approximate surface area is 128 Å². The highest BCUT2D eigenvalue weighted by molar-refractivity contribution is 7.88. The summed E-state index contributed by atoms with van der Waals surface area (Å²) >= 11 is 0. The predicted molar refractivity (Wildman–Crippen MR) is 83.3 cm³/mol. The van der Waals surface area contributed by atoms with Crippen LogP contribution in [0.15, 0.2) is 0 Å². The van der Waals surface area contributed by atoms with Crippen LogP contribution in [-0.4, -0.2) is 43.4 Å². The van der Waals surface area contributed by atoms with E-state index in [9.17, 15) is 13.2 Å². The van der Waals surface area contributed by atoms with Crippen molar-refractivity contribution >= 4 is 15.8 Å². The molecule has 1 saturated carbocycles. The normalized spacial score (nSPS) is 35.6. The number of hydrogen-bond acceptors (Lipinski definition) is 4. The van der Waals surface area contributed by atoms with E-state index in [0.29, 0.717) is 25.4 Å². The number of hydrogen-bond donors (Lipinski definition) is 1. The van der Waals surface area contributed by atoms with Crippen molar-refractivity contribution < 1.29 is 13.2 Å². The molecule has 0 spiro atoms. The summed E-state index contributed by atoms with van der Waals surface area (Å²) in [7, 11) is -3.15. The molecular weight excluding hydrogens is 288 g/mol. The quantitative estimate of drug-likeness (QED) is 0.853. The van der Waals surface area contributed by atoms with E-state index in [-0.39, 0.29) is 11.7 Å². The fourth-order valence-electron chi connectivity index (χ4n) is 3.81. The molecule has 122 valence electrons. The number of sulfonamides is 1. The zero-order valence-electron chi connectivity index (χ0n) is 13.2. The lowest BCUT2D eigenvalue weighted by atomic mass is 9.72. The van der Waals surface area contributed by atoms with Crippen molar-refractivity contribution in [1.29, 1.82) is 0 Å². The van der Waals surface area contributed by atoms with Crippen molar-refractivity contribution in [2.45, 2.75) is 57.4 Å². The molecule has 0 aromatic rings. The SMILES string of the molecule is CC1CCCC(N)(C(=O)CC2CCCN(S(C)(=O)=O)C2)C1. The first-order valence-corrected chi connectivity index (χ1v) is 9.83. The third-order valence-corrected chi connectivity index (χ3v) is 6.28. The van der Waals surface area contributed by atoms with E-state index in [2.05, 4.69) is 6.92 Å². The molecule has 2 aliphatic rings. The van der Waals surface area contributed by atoms with Crippen LogP contribution in [0, 0.1) is 11.8 Å². The van der Waals surface area contributed by atoms with Crippen LogP contribution in [-0.2, 0) is 14.8 Å². The van der Waals surface area contributed by atoms with Gasteiger partial charge in [-0.2, -0.15) is 0 Å². The lowest BCUT2D eigenvalue weighted by Gasteiger charge is -2.37. The Bertz CT molecular complexity index is 491. The Balaban J connectivity index is 1.96. The van der Waals surface area contributed by atoms with Gasteiger partial charge in [0.2, 0.25) is 10.0 Å². The van der Waals surface area contributed by atoms with E-state index in [4.69, 9.17) is 5.73 Å². The van der Waals surface area contributed by atoms with Crippen LogP contribution in [0.2, 0.25) is 0 Å². The van der Waals surface area contributed by atoms with Crippen molar-refractivity contribution in [3.05, 3.63) is 0 Å². The van der Waals surface area contributed by atoms with Crippen LogP contribution in [0.4, 0.5) is 0 Å². The molecule has 0 amide bonds. The van der Waals surface area contributed by atoms with Crippen molar-refractivity contribution in [1.82, 2.24) is 4.31 Å². The monoisotopic (exact) mass is 316 g/mol. The Morgan fingerprint density at radius 3 is 2.67 bits per heavy atom. The maximum absolute atomic E-state index is 12.6. The summed E-state index contributed by atoms with van der Waals surface area (Å²) in [5.74, 6) is 0.764. The average Bonchev–Trinajstić information content (AvgIpc) is 2.37. The minimum absolute atomic E-state index is 0.124. The van der Waals surface area contributed by atoms with Crippen LogP contribution in [0.25, 0.3) is 0 Å². The van der Waals surface area contributed by atoms with Gasteiger partial charge in [-0.15, -0.1) is 0 Å². The number of carbonyl (C=O) groups is 1. The van der Waals surface area contributed by atoms with E-state index in [1.165, 1.54) is 10.6 Å². The highest BCUT2D eigenvalue weighted by Crippen LogP contribution is 2.33.